The number of carbonyl (C=O) groups excluding carboxylic acids is 1. The quantitative estimate of drug-likeness (QED) is 0.334. The molecule has 1 saturated heterocycles. The molecule has 0 radical (unpaired) electrons. The zero-order valence-corrected chi connectivity index (χ0v) is 22.1. The van der Waals surface area contributed by atoms with Gasteiger partial charge in [0.15, 0.2) is 5.88 Å². The van der Waals surface area contributed by atoms with Crippen LogP contribution >= 0.6 is 11.6 Å². The molecule has 3 aromatic rings. The van der Waals surface area contributed by atoms with E-state index in [9.17, 15) is 18.7 Å². The average Bonchev–Trinajstić information content (AvgIpc) is 2.91. The van der Waals surface area contributed by atoms with Crippen LogP contribution in [0.25, 0.3) is 0 Å². The highest BCUT2D eigenvalue weighted by Gasteiger charge is 2.43. The number of aromatic hydroxyl groups is 1. The standard InChI is InChI=1S/C30H30ClF2N3O3/c1-19-35-27-9-8-24(33)17-26(27)30(39-19)11-14-36(15-12-30)13-10-25(20-3-6-23(32)7-4-20)29(38)34-18-21-2-5-22(31)16-28(21)37/h2-9,16-17,25,35,37H,1,10-15,18H2,(H,34,38). The van der Waals surface area contributed by atoms with E-state index in [-0.39, 0.29) is 29.8 Å². The largest absolute Gasteiger partial charge is 0.508 e. The van der Waals surface area contributed by atoms with Crippen LogP contribution < -0.4 is 10.6 Å². The van der Waals surface area contributed by atoms with E-state index in [1.807, 2.05) is 0 Å². The Morgan fingerprint density at radius 1 is 1.10 bits per heavy atom. The summed E-state index contributed by atoms with van der Waals surface area (Å²) in [5.41, 5.74) is 2.21. The molecule has 0 aliphatic carbocycles. The zero-order valence-electron chi connectivity index (χ0n) is 21.4. The van der Waals surface area contributed by atoms with Crippen molar-refractivity contribution in [1.82, 2.24) is 10.2 Å². The third-order valence-corrected chi connectivity index (χ3v) is 7.79. The van der Waals surface area contributed by atoms with Crippen LogP contribution in [-0.4, -0.2) is 35.5 Å². The smallest absolute Gasteiger partial charge is 0.227 e. The molecule has 0 aromatic heterocycles. The van der Waals surface area contributed by atoms with Gasteiger partial charge in [0.25, 0.3) is 0 Å². The molecule has 9 heteroatoms. The van der Waals surface area contributed by atoms with Gasteiger partial charge in [-0.1, -0.05) is 29.8 Å². The van der Waals surface area contributed by atoms with E-state index in [0.29, 0.717) is 60.9 Å². The predicted octanol–water partition coefficient (Wildman–Crippen LogP) is 6.02. The maximum Gasteiger partial charge on any atom is 0.227 e. The number of phenols is 1. The third-order valence-electron chi connectivity index (χ3n) is 7.55. The van der Waals surface area contributed by atoms with E-state index in [0.717, 1.165) is 11.3 Å². The lowest BCUT2D eigenvalue weighted by atomic mass is 9.82. The van der Waals surface area contributed by atoms with Crippen molar-refractivity contribution in [2.24, 2.45) is 0 Å². The van der Waals surface area contributed by atoms with Crippen molar-refractivity contribution in [3.05, 3.63) is 106 Å². The molecule has 1 unspecified atom stereocenters. The predicted molar refractivity (Wildman–Crippen MR) is 146 cm³/mol. The van der Waals surface area contributed by atoms with Crippen molar-refractivity contribution < 1.29 is 23.4 Å². The lowest BCUT2D eigenvalue weighted by Gasteiger charge is -2.46. The molecule has 1 spiro atoms. The van der Waals surface area contributed by atoms with Crippen LogP contribution in [0.2, 0.25) is 5.02 Å². The molecule has 1 fully saturated rings. The summed E-state index contributed by atoms with van der Waals surface area (Å²) in [6, 6.07) is 15.4. The first kappa shape index (κ1) is 27.0. The van der Waals surface area contributed by atoms with Crippen LogP contribution in [0.5, 0.6) is 5.75 Å². The maximum absolute atomic E-state index is 14.1. The Morgan fingerprint density at radius 2 is 1.82 bits per heavy atom. The van der Waals surface area contributed by atoms with Crippen molar-refractivity contribution in [2.45, 2.75) is 37.3 Å². The SMILES string of the molecule is C=C1Nc2ccc(F)cc2C2(CCN(CCC(C(=O)NCc3ccc(Cl)cc3O)c3ccc(F)cc3)CC2)O1. The molecule has 0 bridgehead atoms. The number of halogens is 3. The normalized spacial score (nSPS) is 17.2. The van der Waals surface area contributed by atoms with Crippen molar-refractivity contribution in [3.8, 4) is 5.75 Å². The summed E-state index contributed by atoms with van der Waals surface area (Å²) in [5.74, 6) is -0.957. The van der Waals surface area contributed by atoms with Crippen LogP contribution in [0.4, 0.5) is 14.5 Å². The van der Waals surface area contributed by atoms with Gasteiger partial charge in [0.2, 0.25) is 5.91 Å². The summed E-state index contributed by atoms with van der Waals surface area (Å²) in [6.07, 6.45) is 1.80. The second kappa shape index (κ2) is 11.2. The molecule has 2 aliphatic rings. The van der Waals surface area contributed by atoms with Gasteiger partial charge in [-0.3, -0.25) is 4.79 Å². The number of piperidine rings is 1. The van der Waals surface area contributed by atoms with E-state index in [4.69, 9.17) is 16.3 Å². The van der Waals surface area contributed by atoms with Crippen molar-refractivity contribution in [1.29, 1.82) is 0 Å². The van der Waals surface area contributed by atoms with Crippen LogP contribution in [0, 0.1) is 11.6 Å². The molecule has 0 saturated carbocycles. The number of anilines is 1. The van der Waals surface area contributed by atoms with Gasteiger partial charge in [-0.25, -0.2) is 8.78 Å². The summed E-state index contributed by atoms with van der Waals surface area (Å²) in [4.78, 5) is 15.6. The summed E-state index contributed by atoms with van der Waals surface area (Å²) < 4.78 is 33.9. The van der Waals surface area contributed by atoms with Crippen molar-refractivity contribution in [2.75, 3.05) is 25.0 Å². The van der Waals surface area contributed by atoms with Gasteiger partial charge in [0.1, 0.15) is 23.0 Å². The molecule has 39 heavy (non-hydrogen) atoms. The number of fused-ring (bicyclic) bond motifs is 2. The van der Waals surface area contributed by atoms with E-state index in [2.05, 4.69) is 22.1 Å². The van der Waals surface area contributed by atoms with Crippen LogP contribution in [0.1, 0.15) is 41.9 Å². The average molecular weight is 554 g/mol. The van der Waals surface area contributed by atoms with Gasteiger partial charge in [-0.2, -0.15) is 0 Å². The number of benzene rings is 3. The van der Waals surface area contributed by atoms with Crippen molar-refractivity contribution in [3.63, 3.8) is 0 Å². The fraction of sp³-hybridized carbons (Fsp3) is 0.300. The van der Waals surface area contributed by atoms with Crippen LogP contribution in [-0.2, 0) is 21.7 Å². The Balaban J connectivity index is 1.25. The van der Waals surface area contributed by atoms with Gasteiger partial charge >= 0.3 is 0 Å². The highest BCUT2D eigenvalue weighted by atomic mass is 35.5. The number of nitrogens with zero attached hydrogens (tertiary/aromatic N) is 1. The number of hydrogen-bond donors (Lipinski definition) is 3. The second-order valence-corrected chi connectivity index (χ2v) is 10.5. The Bertz CT molecular complexity index is 1370. The minimum atomic E-state index is -0.648. The van der Waals surface area contributed by atoms with E-state index >= 15 is 0 Å². The molecule has 3 N–H and O–H groups in total. The number of amides is 1. The lowest BCUT2D eigenvalue weighted by molar-refractivity contribution is -0.123. The maximum atomic E-state index is 14.1. The molecule has 1 atom stereocenters. The summed E-state index contributed by atoms with van der Waals surface area (Å²) >= 11 is 5.91. The van der Waals surface area contributed by atoms with Gasteiger partial charge in [0.05, 0.1) is 5.92 Å². The highest BCUT2D eigenvalue weighted by molar-refractivity contribution is 6.30. The van der Waals surface area contributed by atoms with E-state index in [1.165, 1.54) is 30.3 Å². The second-order valence-electron chi connectivity index (χ2n) is 10.1. The Morgan fingerprint density at radius 3 is 2.54 bits per heavy atom. The van der Waals surface area contributed by atoms with Crippen LogP contribution in [0.3, 0.4) is 0 Å². The number of carbonyl (C=O) groups is 1. The summed E-state index contributed by atoms with van der Waals surface area (Å²) in [5, 5.41) is 16.5. The molecule has 3 aromatic carbocycles. The molecular formula is C30H30ClF2N3O3. The lowest BCUT2D eigenvalue weighted by Crippen LogP contribution is -2.47. The van der Waals surface area contributed by atoms with Crippen LogP contribution in [0.15, 0.2) is 73.1 Å². The number of phenolic OH excluding ortho intramolecular Hbond substituents is 1. The minimum Gasteiger partial charge on any atom is -0.508 e. The van der Waals surface area contributed by atoms with Gasteiger partial charge in [-0.05, 0) is 67.6 Å². The van der Waals surface area contributed by atoms with E-state index in [1.54, 1.807) is 30.3 Å². The summed E-state index contributed by atoms with van der Waals surface area (Å²) in [7, 11) is 0. The number of ether oxygens (including phenoxy) is 1. The number of likely N-dealkylation sites (tertiary alicyclic amines) is 1. The highest BCUT2D eigenvalue weighted by Crippen LogP contribution is 2.45. The molecule has 5 rings (SSSR count). The number of nitrogens with one attached hydrogen (secondary N) is 2. The number of hydrogen-bond acceptors (Lipinski definition) is 5. The Hall–Kier alpha value is -3.62. The van der Waals surface area contributed by atoms with E-state index < -0.39 is 11.5 Å². The molecule has 1 amide bonds. The first-order chi connectivity index (χ1) is 18.7. The Labute approximate surface area is 231 Å². The molecule has 2 aliphatic heterocycles. The van der Waals surface area contributed by atoms with Crippen molar-refractivity contribution >= 4 is 23.2 Å². The first-order valence-electron chi connectivity index (χ1n) is 12.9. The monoisotopic (exact) mass is 553 g/mol. The van der Waals surface area contributed by atoms with Gasteiger partial charge < -0.3 is 25.4 Å². The first-order valence-corrected chi connectivity index (χ1v) is 13.3. The fourth-order valence-corrected chi connectivity index (χ4v) is 5.59. The third kappa shape index (κ3) is 6.02. The molecule has 6 nitrogen and oxygen atoms in total. The Kier molecular flexibility index (Phi) is 7.77. The molecule has 204 valence electrons. The number of rotatable bonds is 7. The zero-order chi connectivity index (χ0) is 27.6. The van der Waals surface area contributed by atoms with Gasteiger partial charge in [-0.15, -0.1) is 0 Å². The fourth-order valence-electron chi connectivity index (χ4n) is 5.43. The van der Waals surface area contributed by atoms with Gasteiger partial charge in [0, 0.05) is 54.3 Å². The summed E-state index contributed by atoms with van der Waals surface area (Å²) in [6.45, 7) is 6.09. The topological polar surface area (TPSA) is 73.8 Å². The minimum absolute atomic E-state index is 0.00708. The molecule has 2 heterocycles. The molecular weight excluding hydrogens is 524 g/mol.